The SMILES string of the molecule is CN[C@H]1CCN(S(N)(=O)=O)C1. The third-order valence-electron chi connectivity index (χ3n) is 1.92. The van der Waals surface area contributed by atoms with Crippen molar-refractivity contribution >= 4 is 10.2 Å². The monoisotopic (exact) mass is 179 g/mol. The molecule has 0 aromatic rings. The van der Waals surface area contributed by atoms with E-state index < -0.39 is 10.2 Å². The van der Waals surface area contributed by atoms with E-state index in [1.165, 1.54) is 4.31 Å². The maximum Gasteiger partial charge on any atom is 0.276 e. The van der Waals surface area contributed by atoms with Gasteiger partial charge in [0.2, 0.25) is 0 Å². The van der Waals surface area contributed by atoms with Gasteiger partial charge < -0.3 is 5.32 Å². The normalized spacial score (nSPS) is 27.6. The van der Waals surface area contributed by atoms with Crippen molar-refractivity contribution in [3.05, 3.63) is 0 Å². The van der Waals surface area contributed by atoms with Crippen LogP contribution in [0, 0.1) is 0 Å². The summed E-state index contributed by atoms with van der Waals surface area (Å²) in [7, 11) is -1.64. The lowest BCUT2D eigenvalue weighted by Gasteiger charge is -2.11. The van der Waals surface area contributed by atoms with Gasteiger partial charge in [-0.05, 0) is 13.5 Å². The van der Waals surface area contributed by atoms with Gasteiger partial charge in [0.25, 0.3) is 10.2 Å². The number of hydrogen-bond donors (Lipinski definition) is 2. The van der Waals surface area contributed by atoms with E-state index in [-0.39, 0.29) is 6.04 Å². The van der Waals surface area contributed by atoms with E-state index >= 15 is 0 Å². The van der Waals surface area contributed by atoms with Gasteiger partial charge in [-0.2, -0.15) is 12.7 Å². The molecule has 5 nitrogen and oxygen atoms in total. The van der Waals surface area contributed by atoms with Crippen LogP contribution in [0.15, 0.2) is 0 Å². The first-order valence-electron chi connectivity index (χ1n) is 3.49. The second kappa shape index (κ2) is 3.06. The highest BCUT2D eigenvalue weighted by Gasteiger charge is 2.27. The lowest BCUT2D eigenvalue weighted by Crippen LogP contribution is -2.37. The van der Waals surface area contributed by atoms with E-state index in [0.29, 0.717) is 13.1 Å². The van der Waals surface area contributed by atoms with Crippen molar-refractivity contribution in [3.63, 3.8) is 0 Å². The summed E-state index contributed by atoms with van der Waals surface area (Å²) in [5.41, 5.74) is 0. The summed E-state index contributed by atoms with van der Waals surface area (Å²) in [5.74, 6) is 0. The third kappa shape index (κ3) is 2.13. The van der Waals surface area contributed by atoms with E-state index in [0.717, 1.165) is 6.42 Å². The zero-order chi connectivity index (χ0) is 8.48. The molecule has 1 aliphatic rings. The molecule has 66 valence electrons. The van der Waals surface area contributed by atoms with E-state index in [1.54, 1.807) is 0 Å². The highest BCUT2D eigenvalue weighted by atomic mass is 32.2. The summed E-state index contributed by atoms with van der Waals surface area (Å²) in [6.45, 7) is 1.03. The van der Waals surface area contributed by atoms with Crippen molar-refractivity contribution in [3.8, 4) is 0 Å². The van der Waals surface area contributed by atoms with Crippen LogP contribution in [-0.4, -0.2) is 38.9 Å². The largest absolute Gasteiger partial charge is 0.316 e. The first-order chi connectivity index (χ1) is 5.04. The Morgan fingerprint density at radius 1 is 1.64 bits per heavy atom. The summed E-state index contributed by atoms with van der Waals surface area (Å²) in [4.78, 5) is 0. The van der Waals surface area contributed by atoms with Crippen LogP contribution in [0.3, 0.4) is 0 Å². The predicted octanol–water partition coefficient (Wildman–Crippen LogP) is -1.52. The zero-order valence-corrected chi connectivity index (χ0v) is 7.26. The van der Waals surface area contributed by atoms with Gasteiger partial charge in [0.1, 0.15) is 0 Å². The van der Waals surface area contributed by atoms with Gasteiger partial charge in [-0.3, -0.25) is 0 Å². The van der Waals surface area contributed by atoms with Gasteiger partial charge in [-0.25, -0.2) is 5.14 Å². The number of hydrogen-bond acceptors (Lipinski definition) is 3. The Morgan fingerprint density at radius 2 is 2.27 bits per heavy atom. The molecule has 0 spiro atoms. The van der Waals surface area contributed by atoms with E-state index in [4.69, 9.17) is 5.14 Å². The highest BCUT2D eigenvalue weighted by molar-refractivity contribution is 7.86. The number of nitrogens with two attached hydrogens (primary N) is 1. The first-order valence-corrected chi connectivity index (χ1v) is 4.99. The maximum atomic E-state index is 10.8. The molecule has 0 saturated carbocycles. The lowest BCUT2D eigenvalue weighted by atomic mass is 10.3. The summed E-state index contributed by atoms with van der Waals surface area (Å²) in [6, 6.07) is 0.258. The molecule has 1 atom stereocenters. The van der Waals surface area contributed by atoms with Gasteiger partial charge >= 0.3 is 0 Å². The Hall–Kier alpha value is -0.170. The average molecular weight is 179 g/mol. The molecular formula is C5H13N3O2S. The Balaban J connectivity index is 2.55. The second-order valence-corrected chi connectivity index (χ2v) is 4.22. The Bertz CT molecular complexity index is 226. The Kier molecular flexibility index (Phi) is 2.48. The summed E-state index contributed by atoms with van der Waals surface area (Å²) >= 11 is 0. The fraction of sp³-hybridized carbons (Fsp3) is 1.00. The van der Waals surface area contributed by atoms with Gasteiger partial charge in [0.15, 0.2) is 0 Å². The summed E-state index contributed by atoms with van der Waals surface area (Å²) < 4.78 is 22.8. The van der Waals surface area contributed by atoms with Crippen LogP contribution < -0.4 is 10.5 Å². The molecule has 11 heavy (non-hydrogen) atoms. The molecular weight excluding hydrogens is 166 g/mol. The van der Waals surface area contributed by atoms with Gasteiger partial charge in [0.05, 0.1) is 0 Å². The number of rotatable bonds is 2. The molecule has 0 aromatic carbocycles. The summed E-state index contributed by atoms with van der Waals surface area (Å²) in [5, 5.41) is 7.93. The fourth-order valence-electron chi connectivity index (χ4n) is 1.19. The van der Waals surface area contributed by atoms with Crippen LogP contribution in [0.1, 0.15) is 6.42 Å². The van der Waals surface area contributed by atoms with Crippen LogP contribution >= 0.6 is 0 Å². The Labute approximate surface area is 66.7 Å². The molecule has 0 unspecified atom stereocenters. The molecule has 0 amide bonds. The number of nitrogens with zero attached hydrogens (tertiary/aromatic N) is 1. The van der Waals surface area contributed by atoms with Crippen molar-refractivity contribution in [2.75, 3.05) is 20.1 Å². The standard InChI is InChI=1S/C5H13N3O2S/c1-7-5-2-3-8(4-5)11(6,9)10/h5,7H,2-4H2,1H3,(H2,6,9,10)/t5-/m0/s1. The topological polar surface area (TPSA) is 75.4 Å². The van der Waals surface area contributed by atoms with E-state index in [2.05, 4.69) is 5.32 Å². The van der Waals surface area contributed by atoms with Crippen LogP contribution in [0.5, 0.6) is 0 Å². The molecule has 0 aromatic heterocycles. The third-order valence-corrected chi connectivity index (χ3v) is 2.97. The smallest absolute Gasteiger partial charge is 0.276 e. The molecule has 1 aliphatic heterocycles. The van der Waals surface area contributed by atoms with Crippen LogP contribution in [-0.2, 0) is 10.2 Å². The molecule has 0 aliphatic carbocycles. The molecule has 1 rings (SSSR count). The van der Waals surface area contributed by atoms with Crippen molar-refractivity contribution < 1.29 is 8.42 Å². The zero-order valence-electron chi connectivity index (χ0n) is 6.45. The average Bonchev–Trinajstić information content (AvgIpc) is 2.32. The number of nitrogens with one attached hydrogen (secondary N) is 1. The minimum atomic E-state index is -3.45. The van der Waals surface area contributed by atoms with Gasteiger partial charge in [-0.15, -0.1) is 0 Å². The van der Waals surface area contributed by atoms with Crippen LogP contribution in [0.25, 0.3) is 0 Å². The molecule has 1 heterocycles. The minimum Gasteiger partial charge on any atom is -0.316 e. The lowest BCUT2D eigenvalue weighted by molar-refractivity contribution is 0.466. The molecule has 3 N–H and O–H groups in total. The van der Waals surface area contributed by atoms with Gasteiger partial charge in [-0.1, -0.05) is 0 Å². The van der Waals surface area contributed by atoms with Crippen molar-refractivity contribution in [2.45, 2.75) is 12.5 Å². The van der Waals surface area contributed by atoms with Crippen LogP contribution in [0.2, 0.25) is 0 Å². The number of likely N-dealkylation sites (N-methyl/N-ethyl adjacent to an activating group) is 1. The molecule has 6 heteroatoms. The van der Waals surface area contributed by atoms with Gasteiger partial charge in [0, 0.05) is 19.1 Å². The van der Waals surface area contributed by atoms with Crippen molar-refractivity contribution in [1.82, 2.24) is 9.62 Å². The summed E-state index contributed by atoms with van der Waals surface area (Å²) in [6.07, 6.45) is 0.840. The first kappa shape index (κ1) is 8.92. The van der Waals surface area contributed by atoms with Crippen LogP contribution in [0.4, 0.5) is 0 Å². The molecule has 0 radical (unpaired) electrons. The maximum absolute atomic E-state index is 10.8. The van der Waals surface area contributed by atoms with E-state index in [1.807, 2.05) is 7.05 Å². The minimum absolute atomic E-state index is 0.258. The predicted molar refractivity (Wildman–Crippen MR) is 42.1 cm³/mol. The Morgan fingerprint density at radius 3 is 2.55 bits per heavy atom. The molecule has 1 saturated heterocycles. The van der Waals surface area contributed by atoms with E-state index in [9.17, 15) is 8.42 Å². The fourth-order valence-corrected chi connectivity index (χ4v) is 1.94. The molecule has 0 bridgehead atoms. The highest BCUT2D eigenvalue weighted by Crippen LogP contribution is 2.10. The quantitative estimate of drug-likeness (QED) is 0.541. The second-order valence-electron chi connectivity index (χ2n) is 2.68. The van der Waals surface area contributed by atoms with Crippen molar-refractivity contribution in [1.29, 1.82) is 0 Å². The van der Waals surface area contributed by atoms with Crippen molar-refractivity contribution in [2.24, 2.45) is 5.14 Å². The molecule has 1 fully saturated rings.